The molecule has 1 heterocycles. The molecule has 0 aromatic heterocycles. The van der Waals surface area contributed by atoms with E-state index in [4.69, 9.17) is 0 Å². The number of carbonyl (C=O) groups is 1. The van der Waals surface area contributed by atoms with E-state index >= 15 is 0 Å². The van der Waals surface area contributed by atoms with Crippen LogP contribution in [0.2, 0.25) is 0 Å². The maximum Gasteiger partial charge on any atom is 0.220 e. The van der Waals surface area contributed by atoms with Crippen LogP contribution in [0.1, 0.15) is 62.5 Å². The molecule has 3 fully saturated rings. The maximum absolute atomic E-state index is 12.3. The highest BCUT2D eigenvalue weighted by molar-refractivity contribution is 5.76. The second-order valence-electron chi connectivity index (χ2n) is 8.57. The molecular weight excluding hydrogens is 308 g/mol. The molecule has 1 saturated heterocycles. The predicted octanol–water partition coefficient (Wildman–Crippen LogP) is 4.12. The van der Waals surface area contributed by atoms with Crippen molar-refractivity contribution in [1.82, 2.24) is 10.2 Å². The molecule has 3 nitrogen and oxygen atoms in total. The Balaban J connectivity index is 1.20. The topological polar surface area (TPSA) is 32.3 Å². The molecule has 1 aromatic rings. The highest BCUT2D eigenvalue weighted by Gasteiger charge is 2.39. The van der Waals surface area contributed by atoms with Crippen LogP contribution in [-0.4, -0.2) is 23.9 Å². The second kappa shape index (κ2) is 7.90. The van der Waals surface area contributed by atoms with Crippen molar-refractivity contribution in [3.05, 3.63) is 35.4 Å². The molecule has 136 valence electrons. The summed E-state index contributed by atoms with van der Waals surface area (Å²) in [4.78, 5) is 14.8. The number of hydrogen-bond acceptors (Lipinski definition) is 2. The van der Waals surface area contributed by atoms with E-state index in [-0.39, 0.29) is 5.91 Å². The van der Waals surface area contributed by atoms with Gasteiger partial charge in [-0.25, -0.2) is 0 Å². The highest BCUT2D eigenvalue weighted by atomic mass is 16.1. The van der Waals surface area contributed by atoms with Crippen molar-refractivity contribution in [3.63, 3.8) is 0 Å². The second-order valence-corrected chi connectivity index (χ2v) is 8.57. The summed E-state index contributed by atoms with van der Waals surface area (Å²) in [6, 6.07) is 8.81. The van der Waals surface area contributed by atoms with Crippen LogP contribution in [0.15, 0.2) is 24.3 Å². The van der Waals surface area contributed by atoms with Gasteiger partial charge in [0, 0.05) is 19.5 Å². The van der Waals surface area contributed by atoms with E-state index < -0.39 is 0 Å². The summed E-state index contributed by atoms with van der Waals surface area (Å²) in [6.45, 7) is 4.21. The lowest BCUT2D eigenvalue weighted by atomic mass is 9.86. The minimum absolute atomic E-state index is 0.245. The lowest BCUT2D eigenvalue weighted by molar-refractivity contribution is -0.122. The Morgan fingerprint density at radius 2 is 1.76 bits per heavy atom. The lowest BCUT2D eigenvalue weighted by Gasteiger charge is -2.26. The molecule has 2 saturated carbocycles. The fourth-order valence-corrected chi connectivity index (χ4v) is 5.28. The van der Waals surface area contributed by atoms with Gasteiger partial charge >= 0.3 is 0 Å². The Morgan fingerprint density at radius 1 is 1.00 bits per heavy atom. The molecule has 3 atom stereocenters. The summed E-state index contributed by atoms with van der Waals surface area (Å²) in [7, 11) is 0. The summed E-state index contributed by atoms with van der Waals surface area (Å²) >= 11 is 0. The van der Waals surface area contributed by atoms with Crippen LogP contribution in [0.25, 0.3) is 0 Å². The summed E-state index contributed by atoms with van der Waals surface area (Å²) in [5.41, 5.74) is 2.60. The van der Waals surface area contributed by atoms with E-state index in [1.165, 1.54) is 69.2 Å². The fraction of sp³-hybridized carbons (Fsp3) is 0.682. The van der Waals surface area contributed by atoms with Gasteiger partial charge < -0.3 is 5.32 Å². The van der Waals surface area contributed by atoms with Gasteiger partial charge in [0.05, 0.1) is 0 Å². The van der Waals surface area contributed by atoms with Crippen molar-refractivity contribution in [2.75, 3.05) is 13.1 Å². The Morgan fingerprint density at radius 3 is 2.44 bits per heavy atom. The van der Waals surface area contributed by atoms with Gasteiger partial charge in [0.25, 0.3) is 0 Å². The van der Waals surface area contributed by atoms with E-state index in [1.807, 2.05) is 0 Å². The Kier molecular flexibility index (Phi) is 5.40. The summed E-state index contributed by atoms with van der Waals surface area (Å²) < 4.78 is 0. The molecule has 25 heavy (non-hydrogen) atoms. The maximum atomic E-state index is 12.3. The van der Waals surface area contributed by atoms with Crippen LogP contribution < -0.4 is 5.32 Å². The molecule has 3 aliphatic rings. The van der Waals surface area contributed by atoms with Crippen LogP contribution in [0.3, 0.4) is 0 Å². The first kappa shape index (κ1) is 17.1. The molecule has 1 N–H and O–H groups in total. The quantitative estimate of drug-likeness (QED) is 0.845. The van der Waals surface area contributed by atoms with E-state index in [0.717, 1.165) is 24.8 Å². The number of piperidine rings is 1. The Labute approximate surface area is 152 Å². The number of nitrogens with zero attached hydrogens (tertiary/aromatic N) is 1. The first-order chi connectivity index (χ1) is 12.3. The number of nitrogens with one attached hydrogen (secondary N) is 1. The lowest BCUT2D eigenvalue weighted by Crippen LogP contribution is -2.29. The minimum atomic E-state index is 0.245. The highest BCUT2D eigenvalue weighted by Crippen LogP contribution is 2.49. The number of hydrogen-bond donors (Lipinski definition) is 1. The molecule has 2 aliphatic carbocycles. The zero-order chi connectivity index (χ0) is 17.1. The third-order valence-electron chi connectivity index (χ3n) is 6.70. The Hall–Kier alpha value is -1.35. The van der Waals surface area contributed by atoms with Crippen molar-refractivity contribution in [1.29, 1.82) is 0 Å². The third kappa shape index (κ3) is 4.44. The minimum Gasteiger partial charge on any atom is -0.352 e. The van der Waals surface area contributed by atoms with Gasteiger partial charge in [-0.05, 0) is 74.1 Å². The Bertz CT molecular complexity index is 576. The van der Waals surface area contributed by atoms with Crippen molar-refractivity contribution in [2.45, 2.75) is 64.5 Å². The predicted molar refractivity (Wildman–Crippen MR) is 101 cm³/mol. The number of carbonyl (C=O) groups excluding carboxylic acids is 1. The summed E-state index contributed by atoms with van der Waals surface area (Å²) in [5, 5.41) is 3.14. The largest absolute Gasteiger partial charge is 0.352 e. The summed E-state index contributed by atoms with van der Waals surface area (Å²) in [6.07, 6.45) is 10.3. The molecule has 1 aromatic carbocycles. The van der Waals surface area contributed by atoms with Gasteiger partial charge in [0.15, 0.2) is 0 Å². The van der Waals surface area contributed by atoms with Crippen molar-refractivity contribution < 1.29 is 4.79 Å². The molecular formula is C22H32N2O. The van der Waals surface area contributed by atoms with Crippen LogP contribution in [-0.2, 0) is 17.9 Å². The van der Waals surface area contributed by atoms with Crippen LogP contribution in [0, 0.1) is 17.8 Å². The number of amides is 1. The fourth-order valence-electron chi connectivity index (χ4n) is 5.28. The van der Waals surface area contributed by atoms with Crippen molar-refractivity contribution >= 4 is 5.91 Å². The first-order valence-corrected chi connectivity index (χ1v) is 10.3. The van der Waals surface area contributed by atoms with E-state index in [2.05, 4.69) is 34.5 Å². The normalized spacial score (nSPS) is 29.0. The van der Waals surface area contributed by atoms with E-state index in [0.29, 0.717) is 12.5 Å². The zero-order valence-corrected chi connectivity index (χ0v) is 15.4. The average Bonchev–Trinajstić information content (AvgIpc) is 3.25. The number of likely N-dealkylation sites (tertiary alicyclic amines) is 1. The van der Waals surface area contributed by atoms with Crippen molar-refractivity contribution in [2.24, 2.45) is 17.8 Å². The zero-order valence-electron chi connectivity index (χ0n) is 15.4. The SMILES string of the molecule is O=C(CC1CC2CCC1C2)NCc1ccc(CN2CCCCC2)cc1. The molecule has 3 unspecified atom stereocenters. The van der Waals surface area contributed by atoms with Crippen molar-refractivity contribution in [3.8, 4) is 0 Å². The first-order valence-electron chi connectivity index (χ1n) is 10.3. The van der Waals surface area contributed by atoms with Gasteiger partial charge in [0.1, 0.15) is 0 Å². The van der Waals surface area contributed by atoms with Crippen LogP contribution in [0.4, 0.5) is 0 Å². The van der Waals surface area contributed by atoms with Crippen LogP contribution >= 0.6 is 0 Å². The average molecular weight is 341 g/mol. The molecule has 1 amide bonds. The number of fused-ring (bicyclic) bond motifs is 2. The molecule has 3 heteroatoms. The molecule has 1 aliphatic heterocycles. The number of benzene rings is 1. The van der Waals surface area contributed by atoms with Gasteiger partial charge in [-0.3, -0.25) is 9.69 Å². The van der Waals surface area contributed by atoms with Gasteiger partial charge in [-0.1, -0.05) is 37.1 Å². The van der Waals surface area contributed by atoms with E-state index in [9.17, 15) is 4.79 Å². The van der Waals surface area contributed by atoms with Gasteiger partial charge in [-0.15, -0.1) is 0 Å². The third-order valence-corrected chi connectivity index (χ3v) is 6.70. The number of rotatable bonds is 6. The molecule has 0 spiro atoms. The summed E-state index contributed by atoms with van der Waals surface area (Å²) in [5.74, 6) is 2.67. The monoisotopic (exact) mass is 340 g/mol. The smallest absolute Gasteiger partial charge is 0.220 e. The molecule has 0 radical (unpaired) electrons. The van der Waals surface area contributed by atoms with Crippen LogP contribution in [0.5, 0.6) is 0 Å². The van der Waals surface area contributed by atoms with Gasteiger partial charge in [0.2, 0.25) is 5.91 Å². The molecule has 4 rings (SSSR count). The van der Waals surface area contributed by atoms with E-state index in [1.54, 1.807) is 0 Å². The van der Waals surface area contributed by atoms with Gasteiger partial charge in [-0.2, -0.15) is 0 Å². The standard InChI is InChI=1S/C22H32N2O/c25-22(14-21-13-19-8-9-20(21)12-19)23-15-17-4-6-18(7-5-17)16-24-10-2-1-3-11-24/h4-7,19-21H,1-3,8-16H2,(H,23,25). The molecule has 2 bridgehead atoms.